The Labute approximate surface area is 132 Å². The van der Waals surface area contributed by atoms with E-state index in [1.807, 2.05) is 33.8 Å². The predicted molar refractivity (Wildman–Crippen MR) is 86.3 cm³/mol. The maximum absolute atomic E-state index is 13.3. The molecule has 0 aromatic heterocycles. The van der Waals surface area contributed by atoms with Gasteiger partial charge in [-0.15, -0.1) is 0 Å². The van der Waals surface area contributed by atoms with Gasteiger partial charge in [0.15, 0.2) is 0 Å². The van der Waals surface area contributed by atoms with Crippen LogP contribution in [-0.4, -0.2) is 36.7 Å². The molecular weight excluding hydrogens is 283 g/mol. The molecule has 0 heterocycles. The first-order valence-electron chi connectivity index (χ1n) is 7.66. The largest absolute Gasteiger partial charge is 0.444 e. The summed E-state index contributed by atoms with van der Waals surface area (Å²) in [6, 6.07) is 6.66. The van der Waals surface area contributed by atoms with Crippen molar-refractivity contribution in [2.24, 2.45) is 0 Å². The Hall–Kier alpha value is -1.62. The third-order valence-corrected chi connectivity index (χ3v) is 3.20. The van der Waals surface area contributed by atoms with Crippen LogP contribution in [0.15, 0.2) is 24.3 Å². The van der Waals surface area contributed by atoms with Crippen molar-refractivity contribution in [1.29, 1.82) is 0 Å². The van der Waals surface area contributed by atoms with Gasteiger partial charge in [-0.2, -0.15) is 0 Å². The number of carbonyl (C=O) groups is 1. The van der Waals surface area contributed by atoms with Crippen molar-refractivity contribution in [3.05, 3.63) is 35.6 Å². The van der Waals surface area contributed by atoms with Gasteiger partial charge in [-0.25, -0.2) is 9.18 Å². The van der Waals surface area contributed by atoms with Crippen molar-refractivity contribution in [1.82, 2.24) is 10.2 Å². The molecule has 5 heteroatoms. The van der Waals surface area contributed by atoms with Gasteiger partial charge in [0.2, 0.25) is 0 Å². The number of halogens is 1. The Morgan fingerprint density at radius 1 is 1.41 bits per heavy atom. The first kappa shape index (κ1) is 18.4. The SMILES string of the molecule is CCC(NCCN(C)C(=O)OC(C)(C)C)c1cccc(F)c1. The highest BCUT2D eigenvalue weighted by molar-refractivity contribution is 5.67. The highest BCUT2D eigenvalue weighted by atomic mass is 19.1. The van der Waals surface area contributed by atoms with E-state index in [0.717, 1.165) is 12.0 Å². The first-order valence-corrected chi connectivity index (χ1v) is 7.66. The van der Waals surface area contributed by atoms with E-state index >= 15 is 0 Å². The molecule has 0 bridgehead atoms. The van der Waals surface area contributed by atoms with Crippen LogP contribution >= 0.6 is 0 Å². The summed E-state index contributed by atoms with van der Waals surface area (Å²) in [7, 11) is 1.71. The lowest BCUT2D eigenvalue weighted by molar-refractivity contribution is 0.0299. The zero-order chi connectivity index (χ0) is 16.8. The number of rotatable bonds is 6. The molecule has 1 atom stereocenters. The lowest BCUT2D eigenvalue weighted by Crippen LogP contribution is -2.38. The number of nitrogens with zero attached hydrogens (tertiary/aromatic N) is 1. The number of benzene rings is 1. The molecular formula is C17H27FN2O2. The quantitative estimate of drug-likeness (QED) is 0.870. The monoisotopic (exact) mass is 310 g/mol. The van der Waals surface area contributed by atoms with Crippen LogP contribution in [0.2, 0.25) is 0 Å². The van der Waals surface area contributed by atoms with Crippen LogP contribution in [0.5, 0.6) is 0 Å². The fourth-order valence-electron chi connectivity index (χ4n) is 2.06. The highest BCUT2D eigenvalue weighted by Gasteiger charge is 2.19. The zero-order valence-corrected chi connectivity index (χ0v) is 14.1. The van der Waals surface area contributed by atoms with Crippen molar-refractivity contribution in [3.8, 4) is 0 Å². The zero-order valence-electron chi connectivity index (χ0n) is 14.1. The van der Waals surface area contributed by atoms with E-state index < -0.39 is 5.60 Å². The molecule has 124 valence electrons. The molecule has 0 radical (unpaired) electrons. The van der Waals surface area contributed by atoms with E-state index in [2.05, 4.69) is 5.32 Å². The van der Waals surface area contributed by atoms with E-state index in [-0.39, 0.29) is 18.0 Å². The van der Waals surface area contributed by atoms with Crippen molar-refractivity contribution < 1.29 is 13.9 Å². The molecule has 0 aliphatic rings. The lowest BCUT2D eigenvalue weighted by Gasteiger charge is -2.25. The number of hydrogen-bond acceptors (Lipinski definition) is 3. The van der Waals surface area contributed by atoms with Crippen molar-refractivity contribution in [3.63, 3.8) is 0 Å². The number of hydrogen-bond donors (Lipinski definition) is 1. The normalized spacial score (nSPS) is 12.8. The van der Waals surface area contributed by atoms with Gasteiger partial charge in [0.25, 0.3) is 0 Å². The van der Waals surface area contributed by atoms with Crippen LogP contribution < -0.4 is 5.32 Å². The minimum Gasteiger partial charge on any atom is -0.444 e. The van der Waals surface area contributed by atoms with Crippen molar-refractivity contribution in [2.45, 2.75) is 45.8 Å². The molecule has 1 rings (SSSR count). The average molecular weight is 310 g/mol. The molecule has 0 spiro atoms. The molecule has 0 saturated heterocycles. The molecule has 22 heavy (non-hydrogen) atoms. The minimum atomic E-state index is -0.494. The number of carbonyl (C=O) groups excluding carboxylic acids is 1. The van der Waals surface area contributed by atoms with Crippen molar-refractivity contribution in [2.75, 3.05) is 20.1 Å². The highest BCUT2D eigenvalue weighted by Crippen LogP contribution is 2.17. The Balaban J connectivity index is 2.46. The Morgan fingerprint density at radius 3 is 2.64 bits per heavy atom. The molecule has 0 fully saturated rings. The van der Waals surface area contributed by atoms with Crippen molar-refractivity contribution >= 4 is 6.09 Å². The fourth-order valence-corrected chi connectivity index (χ4v) is 2.06. The number of nitrogens with one attached hydrogen (secondary N) is 1. The summed E-state index contributed by atoms with van der Waals surface area (Å²) in [4.78, 5) is 13.4. The standard InChI is InChI=1S/C17H27FN2O2/c1-6-15(13-8-7-9-14(18)12-13)19-10-11-20(5)16(21)22-17(2,3)4/h7-9,12,15,19H,6,10-11H2,1-5H3. The second-order valence-electron chi connectivity index (χ2n) is 6.37. The Kier molecular flexibility index (Phi) is 6.81. The van der Waals surface area contributed by atoms with Gasteiger partial charge in [-0.3, -0.25) is 0 Å². The maximum Gasteiger partial charge on any atom is 0.410 e. The van der Waals surface area contributed by atoms with Gasteiger partial charge in [0.05, 0.1) is 0 Å². The van der Waals surface area contributed by atoms with Crippen LogP contribution in [0.3, 0.4) is 0 Å². The van der Waals surface area contributed by atoms with E-state index in [0.29, 0.717) is 13.1 Å². The fraction of sp³-hybridized carbons (Fsp3) is 0.588. The maximum atomic E-state index is 13.3. The summed E-state index contributed by atoms with van der Waals surface area (Å²) in [6.07, 6.45) is 0.507. The average Bonchev–Trinajstić information content (AvgIpc) is 2.41. The molecule has 0 aliphatic heterocycles. The van der Waals surface area contributed by atoms with Crippen LogP contribution in [0, 0.1) is 5.82 Å². The van der Waals surface area contributed by atoms with Crippen LogP contribution in [0.4, 0.5) is 9.18 Å². The number of amides is 1. The minimum absolute atomic E-state index is 0.0720. The van der Waals surface area contributed by atoms with E-state index in [1.54, 1.807) is 19.2 Å². The second kappa shape index (κ2) is 8.13. The number of likely N-dealkylation sites (N-methyl/N-ethyl adjacent to an activating group) is 1. The Morgan fingerprint density at radius 2 is 2.09 bits per heavy atom. The third-order valence-electron chi connectivity index (χ3n) is 3.20. The summed E-state index contributed by atoms with van der Waals surface area (Å²) < 4.78 is 18.6. The summed E-state index contributed by atoms with van der Waals surface area (Å²) in [5.41, 5.74) is 0.425. The topological polar surface area (TPSA) is 41.6 Å². The molecule has 1 aromatic rings. The van der Waals surface area contributed by atoms with Gasteiger partial charge in [-0.05, 0) is 44.9 Å². The molecule has 0 saturated carbocycles. The van der Waals surface area contributed by atoms with Crippen LogP contribution in [0.25, 0.3) is 0 Å². The van der Waals surface area contributed by atoms with E-state index in [4.69, 9.17) is 4.74 Å². The third kappa shape index (κ3) is 6.43. The molecule has 1 aromatic carbocycles. The Bertz CT molecular complexity index is 486. The van der Waals surface area contributed by atoms with Crippen LogP contribution in [-0.2, 0) is 4.74 Å². The number of ether oxygens (including phenoxy) is 1. The second-order valence-corrected chi connectivity index (χ2v) is 6.37. The van der Waals surface area contributed by atoms with Gasteiger partial charge < -0.3 is 15.0 Å². The molecule has 1 N–H and O–H groups in total. The van der Waals surface area contributed by atoms with Gasteiger partial charge in [0, 0.05) is 26.2 Å². The van der Waals surface area contributed by atoms with E-state index in [1.165, 1.54) is 11.0 Å². The summed E-state index contributed by atoms with van der Waals surface area (Å²) >= 11 is 0. The lowest BCUT2D eigenvalue weighted by atomic mass is 10.0. The van der Waals surface area contributed by atoms with Crippen LogP contribution in [0.1, 0.15) is 45.7 Å². The summed E-state index contributed by atoms with van der Waals surface area (Å²) in [5, 5.41) is 3.35. The molecule has 0 aliphatic carbocycles. The van der Waals surface area contributed by atoms with Gasteiger partial charge in [0.1, 0.15) is 11.4 Å². The van der Waals surface area contributed by atoms with Gasteiger partial charge in [-0.1, -0.05) is 19.1 Å². The smallest absolute Gasteiger partial charge is 0.410 e. The first-order chi connectivity index (χ1) is 10.2. The molecule has 1 amide bonds. The summed E-state index contributed by atoms with van der Waals surface area (Å²) in [6.45, 7) is 8.71. The van der Waals surface area contributed by atoms with Gasteiger partial charge >= 0.3 is 6.09 Å². The predicted octanol–water partition coefficient (Wildman–Crippen LogP) is 3.73. The molecule has 4 nitrogen and oxygen atoms in total. The van der Waals surface area contributed by atoms with E-state index in [9.17, 15) is 9.18 Å². The summed E-state index contributed by atoms with van der Waals surface area (Å²) in [5.74, 6) is -0.233. The molecule has 1 unspecified atom stereocenters.